The van der Waals surface area contributed by atoms with E-state index < -0.39 is 15.9 Å². The quantitative estimate of drug-likeness (QED) is 0.648. The summed E-state index contributed by atoms with van der Waals surface area (Å²) in [5.74, 6) is -0.519. The van der Waals surface area contributed by atoms with Crippen molar-refractivity contribution in [2.24, 2.45) is 0 Å². The summed E-state index contributed by atoms with van der Waals surface area (Å²) in [4.78, 5) is 19.9. The van der Waals surface area contributed by atoms with Gasteiger partial charge in [-0.2, -0.15) is 5.10 Å². The molecule has 1 aromatic carbocycles. The summed E-state index contributed by atoms with van der Waals surface area (Å²) in [5, 5.41) is 6.94. The van der Waals surface area contributed by atoms with Gasteiger partial charge in [-0.15, -0.1) is 0 Å². The number of aromatic nitrogens is 4. The van der Waals surface area contributed by atoms with E-state index in [1.54, 1.807) is 16.9 Å². The van der Waals surface area contributed by atoms with Gasteiger partial charge in [0.25, 0.3) is 15.9 Å². The average Bonchev–Trinajstić information content (AvgIpc) is 3.04. The van der Waals surface area contributed by atoms with Crippen LogP contribution in [0.4, 0.5) is 11.6 Å². The fourth-order valence-electron chi connectivity index (χ4n) is 2.15. The molecule has 0 bridgehead atoms. The van der Waals surface area contributed by atoms with E-state index in [2.05, 4.69) is 25.1 Å². The second kappa shape index (κ2) is 7.72. The third-order valence-electron chi connectivity index (χ3n) is 3.47. The number of sulfonamides is 1. The van der Waals surface area contributed by atoms with Gasteiger partial charge in [-0.25, -0.2) is 23.1 Å². The molecule has 0 atom stereocenters. The summed E-state index contributed by atoms with van der Waals surface area (Å²) in [6.45, 7) is 2.45. The number of nitrogens with one attached hydrogen (secondary N) is 2. The molecule has 3 rings (SSSR count). The molecule has 0 fully saturated rings. The zero-order valence-electron chi connectivity index (χ0n) is 14.1. The van der Waals surface area contributed by atoms with Crippen molar-refractivity contribution < 1.29 is 13.2 Å². The van der Waals surface area contributed by atoms with Gasteiger partial charge in [0.2, 0.25) is 5.95 Å². The molecule has 0 unspecified atom stereocenters. The van der Waals surface area contributed by atoms with E-state index in [9.17, 15) is 13.2 Å². The van der Waals surface area contributed by atoms with Crippen molar-refractivity contribution in [1.82, 2.24) is 19.7 Å². The molecule has 3 aromatic rings. The molecule has 9 nitrogen and oxygen atoms in total. The van der Waals surface area contributed by atoms with Crippen LogP contribution in [0.5, 0.6) is 0 Å². The minimum atomic E-state index is -3.84. The minimum Gasteiger partial charge on any atom is -0.321 e. The molecule has 140 valence electrons. The number of hydrogen-bond acceptors (Lipinski definition) is 6. The van der Waals surface area contributed by atoms with Crippen molar-refractivity contribution >= 4 is 39.2 Å². The Balaban J connectivity index is 1.73. The SMILES string of the molecule is CCn1cc(Cl)c(C(=O)Nc2ccc(S(=O)(=O)Nc3ncccn3)cc2)n1. The van der Waals surface area contributed by atoms with Crippen LogP contribution in [-0.2, 0) is 16.6 Å². The van der Waals surface area contributed by atoms with Crippen LogP contribution < -0.4 is 10.0 Å². The van der Waals surface area contributed by atoms with Gasteiger partial charge in [-0.1, -0.05) is 11.6 Å². The molecule has 11 heteroatoms. The standard InChI is InChI=1S/C16H15ClN6O3S/c1-2-23-10-13(17)14(21-23)15(24)20-11-4-6-12(7-5-11)27(25,26)22-16-18-8-3-9-19-16/h3-10H,2H2,1H3,(H,20,24)(H,18,19,22). The Labute approximate surface area is 160 Å². The highest BCUT2D eigenvalue weighted by Crippen LogP contribution is 2.19. The molecule has 0 saturated heterocycles. The smallest absolute Gasteiger partial charge is 0.277 e. The van der Waals surface area contributed by atoms with Crippen molar-refractivity contribution in [3.05, 3.63) is 59.6 Å². The predicted octanol–water partition coefficient (Wildman–Crippen LogP) is 2.40. The maximum absolute atomic E-state index is 12.3. The maximum atomic E-state index is 12.3. The highest BCUT2D eigenvalue weighted by molar-refractivity contribution is 7.92. The Bertz CT molecular complexity index is 1050. The van der Waals surface area contributed by atoms with E-state index in [0.717, 1.165) is 0 Å². The van der Waals surface area contributed by atoms with Crippen LogP contribution in [0.15, 0.2) is 53.8 Å². The fourth-order valence-corrected chi connectivity index (χ4v) is 3.35. The number of aryl methyl sites for hydroxylation is 1. The van der Waals surface area contributed by atoms with E-state index >= 15 is 0 Å². The molecule has 0 aliphatic carbocycles. The number of hydrogen-bond donors (Lipinski definition) is 2. The highest BCUT2D eigenvalue weighted by atomic mass is 35.5. The molecule has 2 heterocycles. The monoisotopic (exact) mass is 406 g/mol. The first-order valence-electron chi connectivity index (χ1n) is 7.83. The van der Waals surface area contributed by atoms with Crippen molar-refractivity contribution in [2.75, 3.05) is 10.0 Å². The lowest BCUT2D eigenvalue weighted by atomic mass is 10.3. The molecule has 1 amide bonds. The topological polar surface area (TPSA) is 119 Å². The van der Waals surface area contributed by atoms with Gasteiger partial charge in [-0.3, -0.25) is 9.48 Å². The minimum absolute atomic E-state index is 0.00115. The molecule has 0 radical (unpaired) electrons. The zero-order valence-corrected chi connectivity index (χ0v) is 15.7. The Hall–Kier alpha value is -2.98. The van der Waals surface area contributed by atoms with E-state index in [-0.39, 0.29) is 21.6 Å². The van der Waals surface area contributed by atoms with Crippen LogP contribution in [0, 0.1) is 0 Å². The molecular weight excluding hydrogens is 392 g/mol. The van der Waals surface area contributed by atoms with Crippen LogP contribution in [-0.4, -0.2) is 34.1 Å². The molecule has 2 aromatic heterocycles. The molecule has 0 spiro atoms. The second-order valence-corrected chi connectivity index (χ2v) is 7.43. The van der Waals surface area contributed by atoms with Gasteiger partial charge in [0.15, 0.2) is 5.69 Å². The van der Waals surface area contributed by atoms with E-state index in [4.69, 9.17) is 11.6 Å². The third kappa shape index (κ3) is 4.41. The zero-order chi connectivity index (χ0) is 19.4. The Morgan fingerprint density at radius 3 is 2.44 bits per heavy atom. The van der Waals surface area contributed by atoms with E-state index in [1.807, 2.05) is 6.92 Å². The number of anilines is 2. The number of rotatable bonds is 6. The van der Waals surface area contributed by atoms with Crippen molar-refractivity contribution in [3.8, 4) is 0 Å². The molecular formula is C16H15ClN6O3S. The lowest BCUT2D eigenvalue weighted by Gasteiger charge is -2.08. The summed E-state index contributed by atoms with van der Waals surface area (Å²) >= 11 is 6.00. The van der Waals surface area contributed by atoms with Gasteiger partial charge >= 0.3 is 0 Å². The van der Waals surface area contributed by atoms with Gasteiger partial charge in [0.05, 0.1) is 9.92 Å². The van der Waals surface area contributed by atoms with Crippen molar-refractivity contribution in [3.63, 3.8) is 0 Å². The lowest BCUT2D eigenvalue weighted by Crippen LogP contribution is -2.16. The first kappa shape index (κ1) is 18.8. The van der Waals surface area contributed by atoms with Gasteiger partial charge in [-0.05, 0) is 37.3 Å². The molecule has 27 heavy (non-hydrogen) atoms. The highest BCUT2D eigenvalue weighted by Gasteiger charge is 2.18. The number of carbonyl (C=O) groups excluding carboxylic acids is 1. The van der Waals surface area contributed by atoms with Crippen molar-refractivity contribution in [2.45, 2.75) is 18.4 Å². The Morgan fingerprint density at radius 2 is 1.85 bits per heavy atom. The fraction of sp³-hybridized carbons (Fsp3) is 0.125. The summed E-state index contributed by atoms with van der Waals surface area (Å²) in [6.07, 6.45) is 4.41. The average molecular weight is 407 g/mol. The van der Waals surface area contributed by atoms with E-state index in [1.165, 1.54) is 36.7 Å². The predicted molar refractivity (Wildman–Crippen MR) is 100 cm³/mol. The van der Waals surface area contributed by atoms with Gasteiger partial charge in [0.1, 0.15) is 0 Å². The van der Waals surface area contributed by atoms with Crippen LogP contribution in [0.3, 0.4) is 0 Å². The van der Waals surface area contributed by atoms with Gasteiger partial charge in [0, 0.05) is 30.8 Å². The first-order valence-corrected chi connectivity index (χ1v) is 9.69. The van der Waals surface area contributed by atoms with Crippen LogP contribution in [0.2, 0.25) is 5.02 Å². The number of halogens is 1. The number of benzene rings is 1. The Morgan fingerprint density at radius 1 is 1.19 bits per heavy atom. The van der Waals surface area contributed by atoms with E-state index in [0.29, 0.717) is 12.2 Å². The number of amides is 1. The summed E-state index contributed by atoms with van der Waals surface area (Å²) in [5.41, 5.74) is 0.495. The van der Waals surface area contributed by atoms with Crippen LogP contribution in [0.1, 0.15) is 17.4 Å². The normalized spacial score (nSPS) is 11.2. The van der Waals surface area contributed by atoms with Crippen LogP contribution >= 0.6 is 11.6 Å². The molecule has 0 aliphatic heterocycles. The van der Waals surface area contributed by atoms with Crippen molar-refractivity contribution in [1.29, 1.82) is 0 Å². The molecule has 0 aliphatic rings. The summed E-state index contributed by atoms with van der Waals surface area (Å²) in [7, 11) is -3.84. The van der Waals surface area contributed by atoms with Crippen LogP contribution in [0.25, 0.3) is 0 Å². The Kier molecular flexibility index (Phi) is 5.38. The lowest BCUT2D eigenvalue weighted by molar-refractivity contribution is 0.102. The largest absolute Gasteiger partial charge is 0.321 e. The van der Waals surface area contributed by atoms with Gasteiger partial charge < -0.3 is 5.32 Å². The summed E-state index contributed by atoms with van der Waals surface area (Å²) < 4.78 is 28.5. The molecule has 0 saturated carbocycles. The molecule has 2 N–H and O–H groups in total. The first-order chi connectivity index (χ1) is 12.9. The number of nitrogens with zero attached hydrogens (tertiary/aromatic N) is 4. The second-order valence-electron chi connectivity index (χ2n) is 5.34. The summed E-state index contributed by atoms with van der Waals surface area (Å²) in [6, 6.07) is 7.21. The third-order valence-corrected chi connectivity index (χ3v) is 5.09. The maximum Gasteiger partial charge on any atom is 0.277 e. The number of carbonyl (C=O) groups is 1.